The molecule has 7 nitrogen and oxygen atoms in total. The van der Waals surface area contributed by atoms with Gasteiger partial charge in [0.15, 0.2) is 6.29 Å². The maximum Gasteiger partial charge on any atom is 0.180 e. The zero-order valence-electron chi connectivity index (χ0n) is 7.08. The van der Waals surface area contributed by atoms with Crippen LogP contribution in [0.3, 0.4) is 0 Å². The Labute approximate surface area is 90.7 Å². The summed E-state index contributed by atoms with van der Waals surface area (Å²) >= 11 is 0. The molecule has 7 N–H and O–H groups in total. The molecule has 0 saturated carbocycles. The molecule has 0 unspecified atom stereocenters. The zero-order valence-corrected chi connectivity index (χ0v) is 8.18. The largest absolute Gasteiger partial charge is 0.394 e. The van der Waals surface area contributed by atoms with E-state index in [1.54, 1.807) is 0 Å². The van der Waals surface area contributed by atoms with Crippen LogP contribution in [-0.4, -0.2) is 73.1 Å². The van der Waals surface area contributed by atoms with E-state index in [1.807, 2.05) is 0 Å². The van der Waals surface area contributed by atoms with Crippen LogP contribution in [0.25, 0.3) is 0 Å². The molecule has 0 spiro atoms. The summed E-state index contributed by atoms with van der Waals surface area (Å²) in [6.07, 6.45) is -9.67. The third-order valence-electron chi connectivity index (χ3n) is 1.59. The molecule has 0 radical (unpaired) electrons. The molecule has 0 rings (SSSR count). The molecule has 14 heavy (non-hydrogen) atoms. The molecule has 0 aliphatic rings. The number of aliphatic hydroxyl groups excluding tert-OH is 6. The van der Waals surface area contributed by atoms with Crippen molar-refractivity contribution < 1.29 is 52.8 Å². The van der Waals surface area contributed by atoms with E-state index in [-0.39, 0.29) is 17.1 Å². The minimum Gasteiger partial charge on any atom is -0.394 e. The molecule has 0 aliphatic heterocycles. The molecule has 0 aromatic heterocycles. The second kappa shape index (κ2) is 7.52. The van der Waals surface area contributed by atoms with Crippen molar-refractivity contribution in [1.82, 2.24) is 0 Å². The van der Waals surface area contributed by atoms with E-state index in [9.17, 15) is 0 Å². The van der Waals surface area contributed by atoms with Crippen LogP contribution in [0.5, 0.6) is 0 Å². The average molecular weight is 254 g/mol. The molecule has 0 bridgehead atoms. The molecule has 8 heteroatoms. The van der Waals surface area contributed by atoms with Gasteiger partial charge in [-0.3, -0.25) is 0 Å². The molecule has 0 aromatic carbocycles. The van der Waals surface area contributed by atoms with Crippen molar-refractivity contribution in [3.8, 4) is 0 Å². The first-order valence-corrected chi connectivity index (χ1v) is 3.61. The summed E-state index contributed by atoms with van der Waals surface area (Å²) in [7, 11) is 0. The van der Waals surface area contributed by atoms with Crippen LogP contribution >= 0.6 is 0 Å². The Kier molecular flexibility index (Phi) is 8.95. The van der Waals surface area contributed by atoms with Crippen molar-refractivity contribution in [2.75, 3.05) is 6.61 Å². The van der Waals surface area contributed by atoms with Gasteiger partial charge in [0.2, 0.25) is 0 Å². The standard InChI is InChI=1S/C6H14O7.Fe/c7-1-2(8)3(9)4(10)5(11)6(12)13;/h2-13H,1H2;/t2-,3-,4+,5+;/m1./s1. The van der Waals surface area contributed by atoms with Gasteiger partial charge in [0, 0.05) is 17.1 Å². The molecule has 0 fully saturated rings. The van der Waals surface area contributed by atoms with E-state index in [1.165, 1.54) is 0 Å². The van der Waals surface area contributed by atoms with Gasteiger partial charge in [-0.1, -0.05) is 0 Å². The summed E-state index contributed by atoms with van der Waals surface area (Å²) in [6.45, 7) is -0.813. The summed E-state index contributed by atoms with van der Waals surface area (Å²) in [5.41, 5.74) is 0. The molecular weight excluding hydrogens is 240 g/mol. The number of hydrogen-bond acceptors (Lipinski definition) is 7. The molecule has 0 amide bonds. The summed E-state index contributed by atoms with van der Waals surface area (Å²) in [5, 5.41) is 60.6. The Bertz CT molecular complexity index is 144. The van der Waals surface area contributed by atoms with E-state index >= 15 is 0 Å². The third kappa shape index (κ3) is 4.65. The quantitative estimate of drug-likeness (QED) is 0.194. The van der Waals surface area contributed by atoms with E-state index in [0.29, 0.717) is 0 Å². The Morgan fingerprint density at radius 3 is 1.43 bits per heavy atom. The molecule has 0 heterocycles. The maximum atomic E-state index is 8.97. The van der Waals surface area contributed by atoms with Crippen LogP contribution in [0.1, 0.15) is 0 Å². The fourth-order valence-electron chi connectivity index (χ4n) is 0.714. The summed E-state index contributed by atoms with van der Waals surface area (Å²) in [4.78, 5) is 0. The maximum absolute atomic E-state index is 8.97. The van der Waals surface area contributed by atoms with Crippen molar-refractivity contribution in [3.63, 3.8) is 0 Å². The average Bonchev–Trinajstić information content (AvgIpc) is 2.12. The first-order chi connectivity index (χ1) is 5.91. The van der Waals surface area contributed by atoms with Crippen LogP contribution in [0, 0.1) is 0 Å². The molecule has 0 aliphatic carbocycles. The number of hydrogen-bond donors (Lipinski definition) is 7. The van der Waals surface area contributed by atoms with Crippen molar-refractivity contribution in [1.29, 1.82) is 0 Å². The van der Waals surface area contributed by atoms with Crippen LogP contribution in [0.2, 0.25) is 0 Å². The normalized spacial score (nSPS) is 19.7. The summed E-state index contributed by atoms with van der Waals surface area (Å²) in [6, 6.07) is 0. The molecule has 4 atom stereocenters. The first-order valence-electron chi connectivity index (χ1n) is 3.61. The van der Waals surface area contributed by atoms with E-state index < -0.39 is 37.3 Å². The Balaban J connectivity index is 0. The summed E-state index contributed by atoms with van der Waals surface area (Å²) in [5.74, 6) is 0. The first kappa shape index (κ1) is 16.7. The molecular formula is C6H14FeO7. The fourth-order valence-corrected chi connectivity index (χ4v) is 0.714. The minimum atomic E-state index is -2.23. The van der Waals surface area contributed by atoms with E-state index in [2.05, 4.69) is 0 Å². The van der Waals surface area contributed by atoms with Crippen molar-refractivity contribution in [2.45, 2.75) is 30.7 Å². The van der Waals surface area contributed by atoms with Crippen LogP contribution in [0.15, 0.2) is 0 Å². The van der Waals surface area contributed by atoms with Crippen LogP contribution in [0.4, 0.5) is 0 Å². The molecule has 0 aromatic rings. The third-order valence-corrected chi connectivity index (χ3v) is 1.59. The van der Waals surface area contributed by atoms with Gasteiger partial charge in [0.1, 0.15) is 24.4 Å². The van der Waals surface area contributed by atoms with Crippen LogP contribution < -0.4 is 0 Å². The number of rotatable bonds is 5. The smallest absolute Gasteiger partial charge is 0.180 e. The van der Waals surface area contributed by atoms with Gasteiger partial charge in [-0.25, -0.2) is 0 Å². The van der Waals surface area contributed by atoms with Crippen molar-refractivity contribution in [3.05, 3.63) is 0 Å². The number of aliphatic hydroxyl groups is 7. The predicted octanol–water partition coefficient (Wildman–Crippen LogP) is -4.27. The van der Waals surface area contributed by atoms with E-state index in [0.717, 1.165) is 0 Å². The van der Waals surface area contributed by atoms with Crippen LogP contribution in [-0.2, 0) is 17.1 Å². The molecule has 88 valence electrons. The van der Waals surface area contributed by atoms with Crippen molar-refractivity contribution >= 4 is 0 Å². The minimum absolute atomic E-state index is 0. The van der Waals surface area contributed by atoms with Gasteiger partial charge >= 0.3 is 0 Å². The molecule has 0 saturated heterocycles. The Morgan fingerprint density at radius 2 is 1.14 bits per heavy atom. The predicted molar refractivity (Wildman–Crippen MR) is 39.3 cm³/mol. The Morgan fingerprint density at radius 1 is 0.714 bits per heavy atom. The van der Waals surface area contributed by atoms with Gasteiger partial charge < -0.3 is 35.7 Å². The second-order valence-electron chi connectivity index (χ2n) is 2.64. The van der Waals surface area contributed by atoms with Crippen molar-refractivity contribution in [2.24, 2.45) is 0 Å². The van der Waals surface area contributed by atoms with Gasteiger partial charge in [-0.05, 0) is 0 Å². The van der Waals surface area contributed by atoms with Gasteiger partial charge in [0.25, 0.3) is 0 Å². The summed E-state index contributed by atoms with van der Waals surface area (Å²) < 4.78 is 0. The van der Waals surface area contributed by atoms with Gasteiger partial charge in [-0.2, -0.15) is 0 Å². The van der Waals surface area contributed by atoms with Gasteiger partial charge in [-0.15, -0.1) is 0 Å². The SMILES string of the molecule is OC[C@@H](O)[C@@H](O)[C@H](O)[C@H](O)C(O)O.[Fe]. The topological polar surface area (TPSA) is 142 Å². The fraction of sp³-hybridized carbons (Fsp3) is 1.00. The Hall–Kier alpha value is 0.239. The van der Waals surface area contributed by atoms with Gasteiger partial charge in [0.05, 0.1) is 6.61 Å². The second-order valence-corrected chi connectivity index (χ2v) is 2.64. The monoisotopic (exact) mass is 254 g/mol. The zero-order chi connectivity index (χ0) is 10.6. The van der Waals surface area contributed by atoms with E-state index in [4.69, 9.17) is 35.7 Å².